The van der Waals surface area contributed by atoms with Crippen LogP contribution in [0.15, 0.2) is 16.3 Å². The first-order valence-electron chi connectivity index (χ1n) is 5.76. The number of aliphatic carboxylic acids is 1. The highest BCUT2D eigenvalue weighted by atomic mass is 32.2. The summed E-state index contributed by atoms with van der Waals surface area (Å²) in [6.45, 7) is 3.34. The van der Waals surface area contributed by atoms with Crippen LogP contribution in [0.5, 0.6) is 5.06 Å². The molecule has 1 unspecified atom stereocenters. The van der Waals surface area contributed by atoms with Gasteiger partial charge in [-0.05, 0) is 17.9 Å². The summed E-state index contributed by atoms with van der Waals surface area (Å²) in [6, 6.07) is 0.357. The maximum Gasteiger partial charge on any atom is 0.322 e. The summed E-state index contributed by atoms with van der Waals surface area (Å²) in [5.41, 5.74) is 0. The van der Waals surface area contributed by atoms with Gasteiger partial charge in [-0.15, -0.1) is 11.3 Å². The SMILES string of the molecule is CCC(C(=O)O)N(CC)S(=O)(=O)c1ccsc1OC. The minimum Gasteiger partial charge on any atom is -0.486 e. The zero-order valence-electron chi connectivity index (χ0n) is 11.0. The fourth-order valence-electron chi connectivity index (χ4n) is 1.81. The van der Waals surface area contributed by atoms with Gasteiger partial charge < -0.3 is 9.84 Å². The summed E-state index contributed by atoms with van der Waals surface area (Å²) < 4.78 is 31.0. The second kappa shape index (κ2) is 6.36. The van der Waals surface area contributed by atoms with Gasteiger partial charge in [0.25, 0.3) is 0 Å². The normalized spacial score (nSPS) is 13.5. The van der Waals surface area contributed by atoms with Gasteiger partial charge in [0.15, 0.2) is 5.06 Å². The molecule has 19 heavy (non-hydrogen) atoms. The molecule has 0 fully saturated rings. The number of methoxy groups -OCH3 is 1. The molecule has 0 aliphatic rings. The molecule has 1 atom stereocenters. The molecule has 0 amide bonds. The van der Waals surface area contributed by atoms with Gasteiger partial charge in [-0.3, -0.25) is 4.79 Å². The van der Waals surface area contributed by atoms with Crippen LogP contribution < -0.4 is 4.74 Å². The highest BCUT2D eigenvalue weighted by Gasteiger charge is 2.35. The van der Waals surface area contributed by atoms with E-state index in [-0.39, 0.29) is 22.9 Å². The first-order valence-corrected chi connectivity index (χ1v) is 8.08. The van der Waals surface area contributed by atoms with Crippen LogP contribution in [0.2, 0.25) is 0 Å². The third-order valence-corrected chi connectivity index (χ3v) is 5.71. The number of carboxylic acid groups (broad SMARTS) is 1. The zero-order chi connectivity index (χ0) is 14.6. The van der Waals surface area contributed by atoms with Crippen LogP contribution in [0, 0.1) is 0 Å². The number of carboxylic acids is 1. The highest BCUT2D eigenvalue weighted by Crippen LogP contribution is 2.33. The van der Waals surface area contributed by atoms with Gasteiger partial charge in [0.1, 0.15) is 10.9 Å². The molecule has 1 N–H and O–H groups in total. The Morgan fingerprint density at radius 1 is 1.53 bits per heavy atom. The number of likely N-dealkylation sites (N-methyl/N-ethyl adjacent to an activating group) is 1. The lowest BCUT2D eigenvalue weighted by Crippen LogP contribution is -2.44. The molecule has 0 bridgehead atoms. The molecule has 6 nitrogen and oxygen atoms in total. The van der Waals surface area contributed by atoms with E-state index in [0.717, 1.165) is 15.6 Å². The average molecular weight is 307 g/mol. The Balaban J connectivity index is 3.27. The second-order valence-corrected chi connectivity index (χ2v) is 6.48. The number of ether oxygens (including phenoxy) is 1. The minimum absolute atomic E-state index is 0.0153. The first kappa shape index (κ1) is 15.9. The van der Waals surface area contributed by atoms with E-state index in [1.54, 1.807) is 19.2 Å². The Morgan fingerprint density at radius 3 is 2.58 bits per heavy atom. The number of nitrogens with zero attached hydrogens (tertiary/aromatic N) is 1. The van der Waals surface area contributed by atoms with Crippen LogP contribution in [-0.2, 0) is 14.8 Å². The van der Waals surface area contributed by atoms with Crippen LogP contribution >= 0.6 is 11.3 Å². The Hall–Kier alpha value is -1.12. The smallest absolute Gasteiger partial charge is 0.322 e. The van der Waals surface area contributed by atoms with E-state index in [4.69, 9.17) is 9.84 Å². The maximum absolute atomic E-state index is 12.5. The van der Waals surface area contributed by atoms with E-state index in [1.165, 1.54) is 13.2 Å². The molecule has 1 aromatic rings. The lowest BCUT2D eigenvalue weighted by molar-refractivity contribution is -0.141. The van der Waals surface area contributed by atoms with Crippen LogP contribution in [0.1, 0.15) is 20.3 Å². The molecule has 0 aliphatic heterocycles. The molecule has 0 aromatic carbocycles. The molecule has 8 heteroatoms. The van der Waals surface area contributed by atoms with Gasteiger partial charge >= 0.3 is 5.97 Å². The van der Waals surface area contributed by atoms with Crippen molar-refractivity contribution in [2.45, 2.75) is 31.2 Å². The topological polar surface area (TPSA) is 83.9 Å². The summed E-state index contributed by atoms with van der Waals surface area (Å²) in [5, 5.41) is 11.0. The fraction of sp³-hybridized carbons (Fsp3) is 0.545. The van der Waals surface area contributed by atoms with Crippen LogP contribution in [-0.4, -0.2) is 43.5 Å². The molecular formula is C11H17NO5S2. The van der Waals surface area contributed by atoms with Crippen molar-refractivity contribution in [3.63, 3.8) is 0 Å². The fourth-order valence-corrected chi connectivity index (χ4v) is 4.66. The number of carbonyl (C=O) groups is 1. The third-order valence-electron chi connectivity index (χ3n) is 2.70. The van der Waals surface area contributed by atoms with Gasteiger partial charge in [-0.1, -0.05) is 13.8 Å². The lowest BCUT2D eigenvalue weighted by atomic mass is 10.2. The highest BCUT2D eigenvalue weighted by molar-refractivity contribution is 7.89. The van der Waals surface area contributed by atoms with E-state index < -0.39 is 22.0 Å². The molecule has 1 aromatic heterocycles. The van der Waals surface area contributed by atoms with Crippen molar-refractivity contribution in [1.82, 2.24) is 4.31 Å². The average Bonchev–Trinajstić information content (AvgIpc) is 2.83. The van der Waals surface area contributed by atoms with E-state index in [1.807, 2.05) is 0 Å². The van der Waals surface area contributed by atoms with Crippen LogP contribution in [0.3, 0.4) is 0 Å². The molecule has 108 valence electrons. The van der Waals surface area contributed by atoms with Gasteiger partial charge in [-0.2, -0.15) is 4.31 Å². The Labute approximate surface area is 116 Å². The van der Waals surface area contributed by atoms with E-state index in [9.17, 15) is 13.2 Å². The number of hydrogen-bond donors (Lipinski definition) is 1. The predicted octanol–water partition coefficient (Wildman–Crippen LogP) is 1.63. The number of thiophene rings is 1. The van der Waals surface area contributed by atoms with Gasteiger partial charge in [0, 0.05) is 6.54 Å². The Kier molecular flexibility index (Phi) is 5.33. The maximum atomic E-state index is 12.5. The Bertz CT molecular complexity index is 537. The minimum atomic E-state index is -3.87. The van der Waals surface area contributed by atoms with Gasteiger partial charge in [-0.25, -0.2) is 8.42 Å². The van der Waals surface area contributed by atoms with Crippen molar-refractivity contribution in [3.05, 3.63) is 11.4 Å². The second-order valence-electron chi connectivity index (χ2n) is 3.75. The van der Waals surface area contributed by atoms with Crippen molar-refractivity contribution in [3.8, 4) is 5.06 Å². The van der Waals surface area contributed by atoms with Gasteiger partial charge in [0.2, 0.25) is 10.0 Å². The molecule has 1 heterocycles. The molecule has 0 spiro atoms. The van der Waals surface area contributed by atoms with Crippen LogP contribution in [0.25, 0.3) is 0 Å². The zero-order valence-corrected chi connectivity index (χ0v) is 12.6. The van der Waals surface area contributed by atoms with E-state index in [0.29, 0.717) is 0 Å². The summed E-state index contributed by atoms with van der Waals surface area (Å²) in [7, 11) is -2.48. The molecule has 0 radical (unpaired) electrons. The predicted molar refractivity (Wildman–Crippen MR) is 72.2 cm³/mol. The molecule has 1 rings (SSSR count). The number of sulfonamides is 1. The summed E-state index contributed by atoms with van der Waals surface area (Å²) in [4.78, 5) is 11.2. The van der Waals surface area contributed by atoms with Crippen molar-refractivity contribution in [2.24, 2.45) is 0 Å². The van der Waals surface area contributed by atoms with E-state index in [2.05, 4.69) is 0 Å². The number of hydrogen-bond acceptors (Lipinski definition) is 5. The summed E-state index contributed by atoms with van der Waals surface area (Å²) in [5.74, 6) is -1.15. The Morgan fingerprint density at radius 2 is 2.16 bits per heavy atom. The third kappa shape index (κ3) is 3.07. The molecule has 0 saturated carbocycles. The molecule has 0 aliphatic carbocycles. The van der Waals surface area contributed by atoms with Crippen molar-refractivity contribution < 1.29 is 23.1 Å². The quantitative estimate of drug-likeness (QED) is 0.827. The molecule has 0 saturated heterocycles. The summed E-state index contributed by atoms with van der Waals surface area (Å²) >= 11 is 1.16. The van der Waals surface area contributed by atoms with Gasteiger partial charge in [0.05, 0.1) is 7.11 Å². The molecular weight excluding hydrogens is 290 g/mol. The standard InChI is InChI=1S/C11H17NO5S2/c1-4-8(10(13)14)12(5-2)19(15,16)9-6-7-18-11(9)17-3/h6-8H,4-5H2,1-3H3,(H,13,14). The van der Waals surface area contributed by atoms with Crippen molar-refractivity contribution in [1.29, 1.82) is 0 Å². The number of rotatable bonds is 7. The summed E-state index contributed by atoms with van der Waals surface area (Å²) in [6.07, 6.45) is 0.203. The monoisotopic (exact) mass is 307 g/mol. The van der Waals surface area contributed by atoms with Crippen LogP contribution in [0.4, 0.5) is 0 Å². The first-order chi connectivity index (χ1) is 8.89. The largest absolute Gasteiger partial charge is 0.486 e. The van der Waals surface area contributed by atoms with Crippen molar-refractivity contribution >= 4 is 27.3 Å². The lowest BCUT2D eigenvalue weighted by Gasteiger charge is -2.25. The van der Waals surface area contributed by atoms with E-state index >= 15 is 0 Å². The van der Waals surface area contributed by atoms with Crippen molar-refractivity contribution in [2.75, 3.05) is 13.7 Å².